The number of aliphatic hydroxyl groups is 4. The minimum atomic E-state index is -1.46. The summed E-state index contributed by atoms with van der Waals surface area (Å²) >= 11 is 0. The fourth-order valence-corrected chi connectivity index (χ4v) is 5.40. The molecule has 2 aliphatic heterocycles. The fourth-order valence-electron chi connectivity index (χ4n) is 5.40. The van der Waals surface area contributed by atoms with Crippen LogP contribution in [-0.4, -0.2) is 78.4 Å². The van der Waals surface area contributed by atoms with Crippen LogP contribution in [0.15, 0.2) is 46.9 Å². The van der Waals surface area contributed by atoms with Gasteiger partial charge in [-0.1, -0.05) is 17.7 Å². The molecule has 0 saturated carbocycles. The quantitative estimate of drug-likeness (QED) is 0.502. The van der Waals surface area contributed by atoms with E-state index in [-0.39, 0.29) is 0 Å². The lowest BCUT2D eigenvalue weighted by Crippen LogP contribution is -2.63. The van der Waals surface area contributed by atoms with E-state index in [0.717, 1.165) is 35.3 Å². The van der Waals surface area contributed by atoms with Gasteiger partial charge in [0.25, 0.3) is 0 Å². The maximum atomic E-state index is 10.9. The Morgan fingerprint density at radius 3 is 2.39 bits per heavy atom. The van der Waals surface area contributed by atoms with Crippen LogP contribution < -0.4 is 4.74 Å². The molecule has 0 bridgehead atoms. The van der Waals surface area contributed by atoms with Gasteiger partial charge < -0.3 is 39.4 Å². The highest BCUT2D eigenvalue weighted by atomic mass is 16.6. The van der Waals surface area contributed by atoms with Crippen LogP contribution in [0.25, 0.3) is 0 Å². The summed E-state index contributed by atoms with van der Waals surface area (Å²) in [5, 5.41) is 41.3. The molecule has 4 N–H and O–H groups in total. The third kappa shape index (κ3) is 4.26. The van der Waals surface area contributed by atoms with Crippen LogP contribution in [0.4, 0.5) is 0 Å². The molecule has 4 rings (SSSR count). The number of hydrogen-bond donors (Lipinski definition) is 4. The molecule has 0 spiro atoms. The van der Waals surface area contributed by atoms with E-state index in [0.29, 0.717) is 31.0 Å². The zero-order valence-electron chi connectivity index (χ0n) is 19.4. The van der Waals surface area contributed by atoms with Crippen molar-refractivity contribution in [2.24, 2.45) is 5.41 Å². The topological polar surface area (TPSA) is 118 Å². The molecule has 1 aliphatic carbocycles. The summed E-state index contributed by atoms with van der Waals surface area (Å²) in [5.41, 5.74) is 2.48. The van der Waals surface area contributed by atoms with Crippen LogP contribution in [0, 0.1) is 5.41 Å². The van der Waals surface area contributed by atoms with Crippen LogP contribution in [0.2, 0.25) is 0 Å². The normalized spacial score (nSPS) is 34.6. The molecule has 1 unspecified atom stereocenters. The number of allylic oxidation sites excluding steroid dienone is 2. The van der Waals surface area contributed by atoms with Gasteiger partial charge in [0.2, 0.25) is 0 Å². The largest absolute Gasteiger partial charge is 0.497 e. The van der Waals surface area contributed by atoms with Crippen LogP contribution in [0.1, 0.15) is 31.7 Å². The molecule has 2 saturated heterocycles. The zero-order valence-corrected chi connectivity index (χ0v) is 19.4. The van der Waals surface area contributed by atoms with Crippen molar-refractivity contribution >= 4 is 0 Å². The molecule has 1 aromatic rings. The van der Waals surface area contributed by atoms with Gasteiger partial charge in [-0.2, -0.15) is 0 Å². The first-order valence-corrected chi connectivity index (χ1v) is 11.4. The van der Waals surface area contributed by atoms with Gasteiger partial charge in [0.1, 0.15) is 35.9 Å². The van der Waals surface area contributed by atoms with Gasteiger partial charge in [0, 0.05) is 0 Å². The molecule has 0 radical (unpaired) electrons. The lowest BCUT2D eigenvalue weighted by molar-refractivity contribution is -0.254. The molecular formula is C25H34O8. The van der Waals surface area contributed by atoms with Gasteiger partial charge in [0.15, 0.2) is 5.76 Å². The SMILES string of the molecule is COC1=C2OCCCC2=C(Cc2ccc(OC)cc2)CC1(C)[C@@H]1O[C@H](CO)[C@H](O)[C@H](O)[C@@H]1O. The highest BCUT2D eigenvalue weighted by Gasteiger charge is 2.55. The number of fused-ring (bicyclic) bond motifs is 1. The van der Waals surface area contributed by atoms with Gasteiger partial charge in [-0.25, -0.2) is 0 Å². The van der Waals surface area contributed by atoms with Gasteiger partial charge >= 0.3 is 0 Å². The number of aliphatic hydroxyl groups excluding tert-OH is 4. The monoisotopic (exact) mass is 462 g/mol. The van der Waals surface area contributed by atoms with E-state index in [2.05, 4.69) is 0 Å². The van der Waals surface area contributed by atoms with Crippen LogP contribution >= 0.6 is 0 Å². The van der Waals surface area contributed by atoms with Gasteiger partial charge in [-0.3, -0.25) is 0 Å². The van der Waals surface area contributed by atoms with Crippen molar-refractivity contribution in [3.63, 3.8) is 0 Å². The highest BCUT2D eigenvalue weighted by molar-refractivity contribution is 5.45. The summed E-state index contributed by atoms with van der Waals surface area (Å²) in [5.74, 6) is 2.01. The van der Waals surface area contributed by atoms with Crippen molar-refractivity contribution in [2.45, 2.75) is 63.1 Å². The third-order valence-corrected chi connectivity index (χ3v) is 7.12. The third-order valence-electron chi connectivity index (χ3n) is 7.12. The lowest BCUT2D eigenvalue weighted by atomic mass is 9.66. The standard InChI is InChI=1S/C25H34O8/c1-25(23-21(29)20(28)19(27)18(13-26)33-23)12-15(11-14-6-8-16(30-2)9-7-14)17-5-4-10-32-22(17)24(25)31-3/h6-9,18-21,23,26-29H,4-5,10-13H2,1-3H3/t18-,19+,20+,21+,23-,25?/m1/s1. The minimum Gasteiger partial charge on any atom is -0.497 e. The summed E-state index contributed by atoms with van der Waals surface area (Å²) in [4.78, 5) is 0. The Bertz CT molecular complexity index is 905. The Hall–Kier alpha value is -2.10. The van der Waals surface area contributed by atoms with Crippen LogP contribution in [0.3, 0.4) is 0 Å². The van der Waals surface area contributed by atoms with Crippen molar-refractivity contribution in [3.8, 4) is 5.75 Å². The summed E-state index contributed by atoms with van der Waals surface area (Å²) in [6.07, 6.45) is -3.21. The highest BCUT2D eigenvalue weighted by Crippen LogP contribution is 2.52. The minimum absolute atomic E-state index is 0.479. The van der Waals surface area contributed by atoms with Gasteiger partial charge in [0.05, 0.1) is 39.0 Å². The average molecular weight is 463 g/mol. The first-order chi connectivity index (χ1) is 15.8. The second kappa shape index (κ2) is 9.64. The fraction of sp³-hybridized carbons (Fsp3) is 0.600. The van der Waals surface area contributed by atoms with Crippen molar-refractivity contribution in [2.75, 3.05) is 27.4 Å². The molecule has 0 amide bonds. The number of methoxy groups -OCH3 is 2. The van der Waals surface area contributed by atoms with Crippen molar-refractivity contribution in [1.82, 2.24) is 0 Å². The lowest BCUT2D eigenvalue weighted by Gasteiger charge is -2.50. The number of ether oxygens (including phenoxy) is 4. The molecule has 0 aromatic heterocycles. The van der Waals surface area contributed by atoms with E-state index in [4.69, 9.17) is 18.9 Å². The van der Waals surface area contributed by atoms with Crippen LogP contribution in [0.5, 0.6) is 5.75 Å². The predicted octanol–water partition coefficient (Wildman–Crippen LogP) is 1.46. The number of hydrogen-bond acceptors (Lipinski definition) is 8. The predicted molar refractivity (Wildman–Crippen MR) is 119 cm³/mol. The summed E-state index contributed by atoms with van der Waals surface area (Å²) in [7, 11) is 3.20. The van der Waals surface area contributed by atoms with Crippen molar-refractivity contribution < 1.29 is 39.4 Å². The Labute approximate surface area is 194 Å². The van der Waals surface area contributed by atoms with Crippen molar-refractivity contribution in [3.05, 3.63) is 52.5 Å². The van der Waals surface area contributed by atoms with E-state index < -0.39 is 42.5 Å². The molecule has 182 valence electrons. The average Bonchev–Trinajstić information content (AvgIpc) is 2.83. The smallest absolute Gasteiger partial charge is 0.160 e. The van der Waals surface area contributed by atoms with E-state index in [9.17, 15) is 20.4 Å². The summed E-state index contributed by atoms with van der Waals surface area (Å²) in [6, 6.07) is 7.90. The second-order valence-electron chi connectivity index (χ2n) is 9.27. The van der Waals surface area contributed by atoms with Crippen LogP contribution in [-0.2, 0) is 20.6 Å². The van der Waals surface area contributed by atoms with Crippen molar-refractivity contribution in [1.29, 1.82) is 0 Å². The Kier molecular flexibility index (Phi) is 7.02. The molecule has 8 nitrogen and oxygen atoms in total. The molecular weight excluding hydrogens is 428 g/mol. The maximum Gasteiger partial charge on any atom is 0.160 e. The molecule has 2 heterocycles. The van der Waals surface area contributed by atoms with Gasteiger partial charge in [-0.15, -0.1) is 0 Å². The number of benzene rings is 1. The first-order valence-electron chi connectivity index (χ1n) is 11.4. The Morgan fingerprint density at radius 1 is 1.03 bits per heavy atom. The van der Waals surface area contributed by atoms with Gasteiger partial charge in [-0.05, 0) is 55.9 Å². The van der Waals surface area contributed by atoms with E-state index in [1.165, 1.54) is 0 Å². The maximum absolute atomic E-state index is 10.9. The van der Waals surface area contributed by atoms with E-state index in [1.54, 1.807) is 14.2 Å². The van der Waals surface area contributed by atoms with E-state index >= 15 is 0 Å². The Balaban J connectivity index is 1.74. The second-order valence-corrected chi connectivity index (χ2v) is 9.27. The number of rotatable bonds is 6. The molecule has 33 heavy (non-hydrogen) atoms. The molecule has 2 fully saturated rings. The zero-order chi connectivity index (χ0) is 23.8. The molecule has 6 atom stereocenters. The summed E-state index contributed by atoms with van der Waals surface area (Å²) < 4.78 is 23.2. The molecule has 1 aromatic carbocycles. The molecule has 3 aliphatic rings. The first kappa shape index (κ1) is 24.0. The Morgan fingerprint density at radius 2 is 1.76 bits per heavy atom. The molecule has 8 heteroatoms. The summed E-state index contributed by atoms with van der Waals surface area (Å²) in [6.45, 7) is 1.99. The van der Waals surface area contributed by atoms with E-state index in [1.807, 2.05) is 31.2 Å².